The second kappa shape index (κ2) is 10.9. The first kappa shape index (κ1) is 22.1. The number of imidazole rings is 2. The van der Waals surface area contributed by atoms with Crippen LogP contribution >= 0.6 is 0 Å². The predicted octanol–water partition coefficient (Wildman–Crippen LogP) is 7.41. The van der Waals surface area contributed by atoms with Crippen molar-refractivity contribution >= 4 is 0 Å². The van der Waals surface area contributed by atoms with Gasteiger partial charge in [0.2, 0.25) is 0 Å². The van der Waals surface area contributed by atoms with Crippen molar-refractivity contribution in [1.82, 2.24) is 19.9 Å². The number of rotatable bonds is 5. The van der Waals surface area contributed by atoms with E-state index in [0.29, 0.717) is 0 Å². The summed E-state index contributed by atoms with van der Waals surface area (Å²) in [6.45, 7) is 0. The first-order chi connectivity index (χ1) is 17.4. The van der Waals surface area contributed by atoms with Gasteiger partial charge in [-0.1, -0.05) is 121 Å². The first-order valence-corrected chi connectivity index (χ1v) is 11.6. The van der Waals surface area contributed by atoms with Crippen LogP contribution in [0.1, 0.15) is 11.3 Å². The van der Waals surface area contributed by atoms with E-state index < -0.39 is 0 Å². The molecule has 0 unspecified atom stereocenters. The van der Waals surface area contributed by atoms with Gasteiger partial charge in [0, 0.05) is 35.0 Å². The molecule has 0 amide bonds. The van der Waals surface area contributed by atoms with Gasteiger partial charge in [0.1, 0.15) is 5.82 Å². The lowest BCUT2D eigenvalue weighted by Gasteiger charge is -2.02. The molecule has 6 aromatic rings. The van der Waals surface area contributed by atoms with Gasteiger partial charge < -0.3 is 9.97 Å². The Labute approximate surface area is 205 Å². The van der Waals surface area contributed by atoms with E-state index >= 15 is 0 Å². The van der Waals surface area contributed by atoms with Gasteiger partial charge in [-0.05, 0) is 5.56 Å². The van der Waals surface area contributed by atoms with Gasteiger partial charge in [0.25, 0.3) is 0 Å². The molecule has 0 saturated heterocycles. The number of aromatic amines is 2. The standard InChI is InChI=1S/C16H14N2.C15H12N2/c1-3-7-13(8-4-1)11-15-12-17-16(18-15)14-9-5-2-6-10-14;1-3-7-12(8-4-1)14-15(17-11-16-14)13-9-5-2-6-10-13/h1-10,12H,11H2,(H,17,18);1-11H,(H,16,17). The summed E-state index contributed by atoms with van der Waals surface area (Å²) >= 11 is 0. The molecule has 170 valence electrons. The zero-order chi connectivity index (χ0) is 23.7. The maximum Gasteiger partial charge on any atom is 0.137 e. The summed E-state index contributed by atoms with van der Waals surface area (Å²) in [5.74, 6) is 0.932. The molecule has 0 bridgehead atoms. The van der Waals surface area contributed by atoms with Gasteiger partial charge in [-0.2, -0.15) is 0 Å². The van der Waals surface area contributed by atoms with Crippen LogP contribution in [0.4, 0.5) is 0 Å². The highest BCUT2D eigenvalue weighted by Crippen LogP contribution is 2.28. The third-order valence-electron chi connectivity index (χ3n) is 5.66. The van der Waals surface area contributed by atoms with Crippen molar-refractivity contribution in [3.05, 3.63) is 145 Å². The second-order valence-electron chi connectivity index (χ2n) is 8.14. The third-order valence-corrected chi connectivity index (χ3v) is 5.66. The topological polar surface area (TPSA) is 57.4 Å². The van der Waals surface area contributed by atoms with Gasteiger partial charge in [-0.15, -0.1) is 0 Å². The minimum absolute atomic E-state index is 0.890. The summed E-state index contributed by atoms with van der Waals surface area (Å²) in [5.41, 5.74) is 7.91. The predicted molar refractivity (Wildman–Crippen MR) is 143 cm³/mol. The van der Waals surface area contributed by atoms with Crippen molar-refractivity contribution in [1.29, 1.82) is 0 Å². The summed E-state index contributed by atoms with van der Waals surface area (Å²) in [4.78, 5) is 15.4. The van der Waals surface area contributed by atoms with Crippen molar-refractivity contribution in [2.24, 2.45) is 0 Å². The number of aromatic nitrogens is 4. The lowest BCUT2D eigenvalue weighted by molar-refractivity contribution is 1.11. The fraction of sp³-hybridized carbons (Fsp3) is 0.0323. The maximum absolute atomic E-state index is 4.43. The van der Waals surface area contributed by atoms with Crippen molar-refractivity contribution in [2.75, 3.05) is 0 Å². The van der Waals surface area contributed by atoms with Gasteiger partial charge in [-0.25, -0.2) is 9.97 Å². The smallest absolute Gasteiger partial charge is 0.137 e. The fourth-order valence-corrected chi connectivity index (χ4v) is 3.94. The molecule has 2 N–H and O–H groups in total. The number of nitrogens with one attached hydrogen (secondary N) is 2. The van der Waals surface area contributed by atoms with E-state index in [1.54, 1.807) is 6.33 Å². The molecule has 0 aliphatic heterocycles. The molecule has 0 radical (unpaired) electrons. The second-order valence-corrected chi connectivity index (χ2v) is 8.14. The summed E-state index contributed by atoms with van der Waals surface area (Å²) in [5, 5.41) is 0. The van der Waals surface area contributed by atoms with Crippen molar-refractivity contribution in [3.63, 3.8) is 0 Å². The highest BCUT2D eigenvalue weighted by atomic mass is 14.9. The molecule has 0 aliphatic carbocycles. The van der Waals surface area contributed by atoms with Crippen molar-refractivity contribution < 1.29 is 0 Å². The molecule has 0 spiro atoms. The SMILES string of the molecule is c1ccc(-c2nc[nH]c2-c2ccccc2)cc1.c1ccc(Cc2cnc(-c3ccccc3)[nH]2)cc1. The molecule has 4 nitrogen and oxygen atoms in total. The van der Waals surface area contributed by atoms with E-state index in [4.69, 9.17) is 0 Å². The molecule has 6 rings (SSSR count). The Morgan fingerprint density at radius 1 is 0.543 bits per heavy atom. The van der Waals surface area contributed by atoms with Crippen LogP contribution in [-0.2, 0) is 6.42 Å². The summed E-state index contributed by atoms with van der Waals surface area (Å²) in [7, 11) is 0. The lowest BCUT2D eigenvalue weighted by atomic mass is 10.1. The van der Waals surface area contributed by atoms with Gasteiger partial charge in [0.15, 0.2) is 0 Å². The Morgan fingerprint density at radius 2 is 1.09 bits per heavy atom. The highest BCUT2D eigenvalue weighted by molar-refractivity contribution is 5.77. The Balaban J connectivity index is 0.000000145. The molecule has 0 atom stereocenters. The number of H-pyrrole nitrogens is 2. The number of nitrogens with zero attached hydrogens (tertiary/aromatic N) is 2. The van der Waals surface area contributed by atoms with Gasteiger partial charge in [-0.3, -0.25) is 0 Å². The van der Waals surface area contributed by atoms with Crippen LogP contribution in [0.15, 0.2) is 134 Å². The first-order valence-electron chi connectivity index (χ1n) is 11.6. The number of hydrogen-bond acceptors (Lipinski definition) is 2. The normalized spacial score (nSPS) is 10.4. The van der Waals surface area contributed by atoms with Crippen molar-refractivity contribution in [3.8, 4) is 33.9 Å². The minimum atomic E-state index is 0.890. The molecule has 0 saturated carbocycles. The Hall–Kier alpha value is -4.70. The van der Waals surface area contributed by atoms with Crippen molar-refractivity contribution in [2.45, 2.75) is 6.42 Å². The molecule has 0 aliphatic rings. The van der Waals surface area contributed by atoms with E-state index in [1.807, 2.05) is 66.9 Å². The summed E-state index contributed by atoms with van der Waals surface area (Å²) < 4.78 is 0. The molecule has 35 heavy (non-hydrogen) atoms. The zero-order valence-electron chi connectivity index (χ0n) is 19.3. The van der Waals surface area contributed by atoms with Crippen LogP contribution in [0.3, 0.4) is 0 Å². The number of benzene rings is 4. The Kier molecular flexibility index (Phi) is 6.92. The fourth-order valence-electron chi connectivity index (χ4n) is 3.94. The van der Waals surface area contributed by atoms with Crippen LogP contribution in [0.25, 0.3) is 33.9 Å². The summed E-state index contributed by atoms with van der Waals surface area (Å²) in [6, 6.07) is 41.0. The van der Waals surface area contributed by atoms with Gasteiger partial charge in [0.05, 0.1) is 17.7 Å². The molecule has 2 heterocycles. The highest BCUT2D eigenvalue weighted by Gasteiger charge is 2.09. The van der Waals surface area contributed by atoms with Crippen LogP contribution in [0.5, 0.6) is 0 Å². The van der Waals surface area contributed by atoms with Gasteiger partial charge >= 0.3 is 0 Å². The maximum atomic E-state index is 4.43. The van der Waals surface area contributed by atoms with E-state index in [2.05, 4.69) is 80.6 Å². The molecular weight excluding hydrogens is 428 g/mol. The molecule has 4 heteroatoms. The quantitative estimate of drug-likeness (QED) is 0.285. The van der Waals surface area contributed by atoms with Crippen LogP contribution in [0.2, 0.25) is 0 Å². The van der Waals surface area contributed by atoms with E-state index in [9.17, 15) is 0 Å². The molecule has 4 aromatic carbocycles. The monoisotopic (exact) mass is 454 g/mol. The average molecular weight is 455 g/mol. The van der Waals surface area contributed by atoms with E-state index in [0.717, 1.165) is 46.0 Å². The van der Waals surface area contributed by atoms with Crippen LogP contribution < -0.4 is 0 Å². The van der Waals surface area contributed by atoms with Crippen LogP contribution in [-0.4, -0.2) is 19.9 Å². The summed E-state index contributed by atoms with van der Waals surface area (Å²) in [6.07, 6.45) is 4.54. The van der Waals surface area contributed by atoms with E-state index in [-0.39, 0.29) is 0 Å². The Morgan fingerprint density at radius 3 is 1.71 bits per heavy atom. The van der Waals surface area contributed by atoms with E-state index in [1.165, 1.54) is 5.56 Å². The van der Waals surface area contributed by atoms with Crippen LogP contribution in [0, 0.1) is 0 Å². The third kappa shape index (κ3) is 5.63. The minimum Gasteiger partial charge on any atom is -0.344 e. The average Bonchev–Trinajstić information content (AvgIpc) is 3.62. The largest absolute Gasteiger partial charge is 0.344 e. The Bertz CT molecular complexity index is 1380. The zero-order valence-corrected chi connectivity index (χ0v) is 19.3. The number of hydrogen-bond donors (Lipinski definition) is 2. The molecule has 2 aromatic heterocycles. The lowest BCUT2D eigenvalue weighted by Crippen LogP contribution is -1.87. The molecular formula is C31H26N4. The molecule has 0 fully saturated rings.